The van der Waals surface area contributed by atoms with E-state index in [1.165, 1.54) is 22.6 Å². The number of nitrogens with zero attached hydrogens (tertiary/aromatic N) is 2. The summed E-state index contributed by atoms with van der Waals surface area (Å²) in [6.07, 6.45) is 1.46. The highest BCUT2D eigenvalue weighted by molar-refractivity contribution is 9.10. The van der Waals surface area contributed by atoms with Crippen LogP contribution in [0.3, 0.4) is 0 Å². The lowest BCUT2D eigenvalue weighted by Gasteiger charge is -2.04. The topological polar surface area (TPSA) is 84.2 Å². The number of nitrogens with one attached hydrogen (secondary N) is 1. The molecule has 2 N–H and O–H groups in total. The Hall–Kier alpha value is -1.80. The number of thioether (sulfide) groups is 1. The van der Waals surface area contributed by atoms with E-state index in [2.05, 4.69) is 26.3 Å². The molecule has 2 aromatic rings. The minimum absolute atomic E-state index is 0.167. The molecule has 6 nitrogen and oxygen atoms in total. The number of hydrogen-bond donors (Lipinski definition) is 2. The van der Waals surface area contributed by atoms with E-state index in [0.29, 0.717) is 0 Å². The van der Waals surface area contributed by atoms with Crippen LogP contribution in [0.5, 0.6) is 0 Å². The summed E-state index contributed by atoms with van der Waals surface area (Å²) in [6, 6.07) is 7.58. The molecule has 1 heterocycles. The number of hydrogen-bond acceptors (Lipinski definition) is 4. The molecular formula is C13H12BrN3O3S. The van der Waals surface area contributed by atoms with Gasteiger partial charge in [-0.15, -0.1) is 11.8 Å². The molecule has 0 atom stereocenters. The number of carbonyl (C=O) groups excluding carboxylic acids is 1. The van der Waals surface area contributed by atoms with E-state index >= 15 is 0 Å². The quantitative estimate of drug-likeness (QED) is 0.791. The molecule has 0 aliphatic carbocycles. The van der Waals surface area contributed by atoms with Gasteiger partial charge in [0.2, 0.25) is 5.91 Å². The van der Waals surface area contributed by atoms with Crippen LogP contribution in [0.4, 0.5) is 5.69 Å². The van der Waals surface area contributed by atoms with Gasteiger partial charge in [-0.25, -0.2) is 4.79 Å². The molecule has 1 amide bonds. The molecule has 2 rings (SSSR count). The van der Waals surface area contributed by atoms with Crippen LogP contribution in [-0.2, 0) is 11.8 Å². The van der Waals surface area contributed by atoms with Crippen LogP contribution in [0.2, 0.25) is 0 Å². The molecule has 0 fully saturated rings. The van der Waals surface area contributed by atoms with Crippen molar-refractivity contribution in [1.82, 2.24) is 9.78 Å². The van der Waals surface area contributed by atoms with Crippen LogP contribution < -0.4 is 5.32 Å². The largest absolute Gasteiger partial charge is 0.476 e. The van der Waals surface area contributed by atoms with Crippen molar-refractivity contribution in [2.24, 2.45) is 7.05 Å². The molecule has 0 radical (unpaired) electrons. The van der Waals surface area contributed by atoms with Gasteiger partial charge in [0.1, 0.15) is 0 Å². The van der Waals surface area contributed by atoms with Gasteiger partial charge in [-0.1, -0.05) is 15.9 Å². The maximum Gasteiger partial charge on any atom is 0.358 e. The average Bonchev–Trinajstić information content (AvgIpc) is 2.79. The van der Waals surface area contributed by atoms with Gasteiger partial charge in [-0.3, -0.25) is 9.48 Å². The Morgan fingerprint density at radius 1 is 1.38 bits per heavy atom. The third-order valence-corrected chi connectivity index (χ3v) is 4.03. The van der Waals surface area contributed by atoms with Gasteiger partial charge in [0, 0.05) is 22.6 Å². The summed E-state index contributed by atoms with van der Waals surface area (Å²) >= 11 is 4.71. The van der Waals surface area contributed by atoms with Crippen LogP contribution in [-0.4, -0.2) is 32.5 Å². The van der Waals surface area contributed by atoms with Crippen molar-refractivity contribution < 1.29 is 14.7 Å². The smallest absolute Gasteiger partial charge is 0.358 e. The van der Waals surface area contributed by atoms with Crippen molar-refractivity contribution in [3.63, 3.8) is 0 Å². The normalized spacial score (nSPS) is 10.4. The van der Waals surface area contributed by atoms with Gasteiger partial charge in [0.15, 0.2) is 5.69 Å². The number of halogens is 1. The second-order valence-corrected chi connectivity index (χ2v) is 6.13. The zero-order valence-electron chi connectivity index (χ0n) is 11.0. The molecule has 1 aromatic carbocycles. The van der Waals surface area contributed by atoms with Gasteiger partial charge in [-0.2, -0.15) is 5.10 Å². The van der Waals surface area contributed by atoms with Gasteiger partial charge in [0.05, 0.1) is 11.4 Å². The highest BCUT2D eigenvalue weighted by Gasteiger charge is 2.16. The van der Waals surface area contributed by atoms with E-state index in [1.54, 1.807) is 7.05 Å². The number of rotatable bonds is 5. The first-order valence-corrected chi connectivity index (χ1v) is 7.68. The number of aromatic carboxylic acids is 1. The van der Waals surface area contributed by atoms with E-state index in [0.717, 1.165) is 9.37 Å². The molecule has 8 heteroatoms. The molecule has 0 saturated heterocycles. The monoisotopic (exact) mass is 369 g/mol. The molecule has 0 saturated carbocycles. The third kappa shape index (κ3) is 4.33. The number of benzene rings is 1. The van der Waals surface area contributed by atoms with Crippen molar-refractivity contribution in [1.29, 1.82) is 0 Å². The van der Waals surface area contributed by atoms with E-state index in [4.69, 9.17) is 5.11 Å². The number of carboxylic acid groups (broad SMARTS) is 1. The van der Waals surface area contributed by atoms with Crippen LogP contribution in [0.25, 0.3) is 0 Å². The Morgan fingerprint density at radius 2 is 2.05 bits per heavy atom. The maximum atomic E-state index is 11.9. The van der Waals surface area contributed by atoms with Crippen molar-refractivity contribution in [3.8, 4) is 0 Å². The van der Waals surface area contributed by atoms with Gasteiger partial charge in [-0.05, 0) is 24.3 Å². The number of amides is 1. The average molecular weight is 370 g/mol. The predicted molar refractivity (Wildman–Crippen MR) is 83.7 cm³/mol. The van der Waals surface area contributed by atoms with E-state index in [-0.39, 0.29) is 23.0 Å². The Morgan fingerprint density at radius 3 is 2.67 bits per heavy atom. The molecule has 0 bridgehead atoms. The summed E-state index contributed by atoms with van der Waals surface area (Å²) in [5, 5.41) is 15.3. The first-order valence-electron chi connectivity index (χ1n) is 5.91. The highest BCUT2D eigenvalue weighted by Crippen LogP contribution is 2.21. The second kappa shape index (κ2) is 6.77. The second-order valence-electron chi connectivity index (χ2n) is 4.16. The zero-order valence-corrected chi connectivity index (χ0v) is 13.4. The van der Waals surface area contributed by atoms with E-state index in [1.807, 2.05) is 24.3 Å². The molecular weight excluding hydrogens is 358 g/mol. The van der Waals surface area contributed by atoms with E-state index < -0.39 is 5.97 Å². The SMILES string of the molecule is Cn1cc(NC(=O)CSc2ccc(Br)cc2)c(C(=O)O)n1. The van der Waals surface area contributed by atoms with Gasteiger partial charge < -0.3 is 10.4 Å². The molecule has 1 aromatic heterocycles. The fraction of sp³-hybridized carbons (Fsp3) is 0.154. The fourth-order valence-electron chi connectivity index (χ4n) is 1.60. The summed E-state index contributed by atoms with van der Waals surface area (Å²) in [5.41, 5.74) is 0.0332. The summed E-state index contributed by atoms with van der Waals surface area (Å²) < 4.78 is 2.32. The van der Waals surface area contributed by atoms with Crippen molar-refractivity contribution in [2.75, 3.05) is 11.1 Å². The van der Waals surface area contributed by atoms with Crippen molar-refractivity contribution >= 4 is 45.3 Å². The molecule has 0 aliphatic rings. The zero-order chi connectivity index (χ0) is 15.4. The number of aromatic nitrogens is 2. The van der Waals surface area contributed by atoms with E-state index in [9.17, 15) is 9.59 Å². The van der Waals surface area contributed by atoms with Crippen LogP contribution in [0.15, 0.2) is 39.8 Å². The van der Waals surface area contributed by atoms with Crippen molar-refractivity contribution in [2.45, 2.75) is 4.90 Å². The van der Waals surface area contributed by atoms with Crippen LogP contribution in [0, 0.1) is 0 Å². The molecule has 0 spiro atoms. The molecule has 110 valence electrons. The fourth-order valence-corrected chi connectivity index (χ4v) is 2.57. The lowest BCUT2D eigenvalue weighted by molar-refractivity contribution is -0.113. The standard InChI is InChI=1S/C13H12BrN3O3S/c1-17-6-10(12(16-17)13(19)20)15-11(18)7-21-9-4-2-8(14)3-5-9/h2-6H,7H2,1H3,(H,15,18)(H,19,20). The summed E-state index contributed by atoms with van der Waals surface area (Å²) in [5.74, 6) is -1.26. The first kappa shape index (κ1) is 15.6. The molecule has 0 aliphatic heterocycles. The summed E-state index contributed by atoms with van der Waals surface area (Å²) in [4.78, 5) is 23.8. The highest BCUT2D eigenvalue weighted by atomic mass is 79.9. The lowest BCUT2D eigenvalue weighted by atomic mass is 10.3. The van der Waals surface area contributed by atoms with Gasteiger partial charge >= 0.3 is 5.97 Å². The van der Waals surface area contributed by atoms with Crippen LogP contribution in [0.1, 0.15) is 10.5 Å². The summed E-state index contributed by atoms with van der Waals surface area (Å²) in [6.45, 7) is 0. The van der Waals surface area contributed by atoms with Crippen molar-refractivity contribution in [3.05, 3.63) is 40.6 Å². The minimum atomic E-state index is -1.17. The third-order valence-electron chi connectivity index (χ3n) is 2.49. The Balaban J connectivity index is 1.96. The van der Waals surface area contributed by atoms with Gasteiger partial charge in [0.25, 0.3) is 0 Å². The minimum Gasteiger partial charge on any atom is -0.476 e. The predicted octanol–water partition coefficient (Wildman–Crippen LogP) is 2.61. The number of carbonyl (C=O) groups is 2. The van der Waals surface area contributed by atoms with Crippen LogP contribution >= 0.6 is 27.7 Å². The first-order chi connectivity index (χ1) is 9.95. The molecule has 21 heavy (non-hydrogen) atoms. The number of carboxylic acids is 1. The number of aryl methyl sites for hydroxylation is 1. The Kier molecular flexibility index (Phi) is 5.03. The maximum absolute atomic E-state index is 11.9. The summed E-state index contributed by atoms with van der Waals surface area (Å²) in [7, 11) is 1.60. The number of anilines is 1. The Bertz CT molecular complexity index is 670. The Labute approximate surface area is 133 Å². The lowest BCUT2D eigenvalue weighted by Crippen LogP contribution is -2.15. The molecule has 0 unspecified atom stereocenters.